The second kappa shape index (κ2) is 9.66. The monoisotopic (exact) mass is 244 g/mol. The Morgan fingerprint density at radius 2 is 1.94 bits per heavy atom. The summed E-state index contributed by atoms with van der Waals surface area (Å²) < 4.78 is 5.49. The molecule has 0 N–H and O–H groups in total. The second-order valence-electron chi connectivity index (χ2n) is 3.71. The molecular formula is C13H17NaO3. The van der Waals surface area contributed by atoms with Crippen molar-refractivity contribution in [1.82, 2.24) is 0 Å². The van der Waals surface area contributed by atoms with E-state index in [0.29, 0.717) is 0 Å². The maximum Gasteiger partial charge on any atom is 1.00 e. The molecule has 0 radical (unpaired) electrons. The summed E-state index contributed by atoms with van der Waals surface area (Å²) in [6.07, 6.45) is 2.37. The molecule has 0 bridgehead atoms. The minimum absolute atomic E-state index is 0. The quantitative estimate of drug-likeness (QED) is 0.426. The van der Waals surface area contributed by atoms with E-state index in [0.717, 1.165) is 30.8 Å². The summed E-state index contributed by atoms with van der Waals surface area (Å²) in [4.78, 5) is 10.9. The third-order valence-corrected chi connectivity index (χ3v) is 2.25. The fourth-order valence-electron chi connectivity index (χ4n) is 1.32. The zero-order valence-electron chi connectivity index (χ0n) is 10.6. The van der Waals surface area contributed by atoms with Crippen LogP contribution < -0.4 is 39.4 Å². The fraction of sp³-hybridized carbons (Fsp3) is 0.462. The van der Waals surface area contributed by atoms with Gasteiger partial charge in [-0.2, -0.15) is 0 Å². The number of carbonyl (C=O) groups is 1. The van der Waals surface area contributed by atoms with E-state index in [9.17, 15) is 9.90 Å². The summed E-state index contributed by atoms with van der Waals surface area (Å²) in [6, 6.07) is 7.33. The van der Waals surface area contributed by atoms with Crippen LogP contribution in [0.5, 0.6) is 5.75 Å². The van der Waals surface area contributed by atoms with Crippen LogP contribution in [0.15, 0.2) is 24.3 Å². The minimum atomic E-state index is -0.644. The number of Topliss-reactive ketones (excluding diaryl/α,β-unsaturated/α-hetero) is 1. The van der Waals surface area contributed by atoms with Gasteiger partial charge in [0.25, 0.3) is 0 Å². The van der Waals surface area contributed by atoms with Gasteiger partial charge in [-0.05, 0) is 24.1 Å². The Morgan fingerprint density at radius 3 is 2.47 bits per heavy atom. The summed E-state index contributed by atoms with van der Waals surface area (Å²) in [7, 11) is 0. The molecule has 0 unspecified atom stereocenters. The van der Waals surface area contributed by atoms with Gasteiger partial charge >= 0.3 is 29.6 Å². The average Bonchev–Trinajstić information content (AvgIpc) is 2.31. The standard InChI is InChI=1S/C13H17O3.Na/c1-2-3-8-16-13-6-4-11(5-7-13)9-12(15)10-14;/h4-7H,2-3,8-10H2,1H3;/q-1;+1. The Morgan fingerprint density at radius 1 is 1.29 bits per heavy atom. The molecule has 1 aromatic carbocycles. The van der Waals surface area contributed by atoms with Crippen molar-refractivity contribution in [3.63, 3.8) is 0 Å². The Bertz CT molecular complexity index is 322. The number of carbonyl (C=O) groups excluding carboxylic acids is 1. The number of ketones is 1. The molecule has 0 atom stereocenters. The summed E-state index contributed by atoms with van der Waals surface area (Å²) >= 11 is 0. The largest absolute Gasteiger partial charge is 1.00 e. The van der Waals surface area contributed by atoms with Crippen LogP contribution in [0.4, 0.5) is 0 Å². The van der Waals surface area contributed by atoms with Crippen molar-refractivity contribution >= 4 is 5.78 Å². The number of hydrogen-bond donors (Lipinski definition) is 0. The SMILES string of the molecule is CCCCOc1ccc(CC(=O)C[O-])cc1.[Na+]. The molecule has 4 heteroatoms. The molecule has 0 aromatic heterocycles. The van der Waals surface area contributed by atoms with Crippen molar-refractivity contribution in [3.8, 4) is 5.75 Å². The van der Waals surface area contributed by atoms with Crippen molar-refractivity contribution in [2.45, 2.75) is 26.2 Å². The fourth-order valence-corrected chi connectivity index (χ4v) is 1.32. The Hall–Kier alpha value is -0.350. The van der Waals surface area contributed by atoms with Crippen LogP contribution >= 0.6 is 0 Å². The molecule has 0 heterocycles. The maximum atomic E-state index is 10.9. The molecule has 0 aliphatic heterocycles. The first-order chi connectivity index (χ1) is 7.76. The van der Waals surface area contributed by atoms with Gasteiger partial charge in [0.15, 0.2) is 0 Å². The van der Waals surface area contributed by atoms with Crippen LogP contribution in [0.1, 0.15) is 25.3 Å². The molecule has 88 valence electrons. The first kappa shape index (κ1) is 16.6. The second-order valence-corrected chi connectivity index (χ2v) is 3.71. The van der Waals surface area contributed by atoms with Gasteiger partial charge in [0, 0.05) is 6.42 Å². The Labute approximate surface area is 124 Å². The summed E-state index contributed by atoms with van der Waals surface area (Å²) in [6.45, 7) is 2.19. The van der Waals surface area contributed by atoms with E-state index in [2.05, 4.69) is 6.92 Å². The molecule has 0 fully saturated rings. The van der Waals surface area contributed by atoms with Crippen molar-refractivity contribution in [3.05, 3.63) is 29.8 Å². The first-order valence-corrected chi connectivity index (χ1v) is 5.57. The molecule has 1 rings (SSSR count). The molecule has 0 saturated carbocycles. The number of hydrogen-bond acceptors (Lipinski definition) is 3. The summed E-state index contributed by atoms with van der Waals surface area (Å²) in [5.41, 5.74) is 0.865. The van der Waals surface area contributed by atoms with Gasteiger partial charge in [0.1, 0.15) is 11.5 Å². The average molecular weight is 244 g/mol. The van der Waals surface area contributed by atoms with E-state index < -0.39 is 6.61 Å². The summed E-state index contributed by atoms with van der Waals surface area (Å²) in [5.74, 6) is 0.534. The van der Waals surface area contributed by atoms with Crippen molar-refractivity contribution in [2.24, 2.45) is 0 Å². The third-order valence-electron chi connectivity index (χ3n) is 2.25. The van der Waals surface area contributed by atoms with Crippen LogP contribution in [0.25, 0.3) is 0 Å². The number of benzene rings is 1. The van der Waals surface area contributed by atoms with E-state index in [1.54, 1.807) is 0 Å². The van der Waals surface area contributed by atoms with Crippen molar-refractivity contribution in [1.29, 1.82) is 0 Å². The predicted octanol–water partition coefficient (Wildman–Crippen LogP) is -1.66. The Balaban J connectivity index is 0.00000256. The molecule has 0 spiro atoms. The van der Waals surface area contributed by atoms with E-state index in [4.69, 9.17) is 4.74 Å². The van der Waals surface area contributed by atoms with Crippen molar-refractivity contribution in [2.75, 3.05) is 13.2 Å². The van der Waals surface area contributed by atoms with Crippen LogP contribution in [-0.4, -0.2) is 19.0 Å². The molecule has 0 saturated heterocycles. The van der Waals surface area contributed by atoms with Gasteiger partial charge in [0.05, 0.1) is 6.61 Å². The predicted molar refractivity (Wildman–Crippen MR) is 60.4 cm³/mol. The Kier molecular flexibility index (Phi) is 9.46. The molecule has 0 aliphatic rings. The van der Waals surface area contributed by atoms with Gasteiger partial charge < -0.3 is 14.6 Å². The molecule has 17 heavy (non-hydrogen) atoms. The summed E-state index contributed by atoms with van der Waals surface area (Å²) in [5, 5.41) is 10.3. The first-order valence-electron chi connectivity index (χ1n) is 5.57. The minimum Gasteiger partial charge on any atom is -0.849 e. The third kappa shape index (κ3) is 6.84. The van der Waals surface area contributed by atoms with Gasteiger partial charge in [0.2, 0.25) is 0 Å². The zero-order chi connectivity index (χ0) is 11.8. The molecule has 3 nitrogen and oxygen atoms in total. The van der Waals surface area contributed by atoms with Gasteiger partial charge in [-0.1, -0.05) is 32.1 Å². The number of ether oxygens (including phenoxy) is 1. The van der Waals surface area contributed by atoms with Crippen molar-refractivity contribution < 1.29 is 44.2 Å². The van der Waals surface area contributed by atoms with Gasteiger partial charge in [-0.15, -0.1) is 0 Å². The van der Waals surface area contributed by atoms with Gasteiger partial charge in [-0.25, -0.2) is 0 Å². The maximum absolute atomic E-state index is 10.9. The molecule has 0 amide bonds. The molecule has 1 aromatic rings. The van der Waals surface area contributed by atoms with E-state index in [1.807, 2.05) is 24.3 Å². The van der Waals surface area contributed by atoms with Gasteiger partial charge in [-0.3, -0.25) is 0 Å². The zero-order valence-corrected chi connectivity index (χ0v) is 12.6. The smallest absolute Gasteiger partial charge is 0.849 e. The number of unbranched alkanes of at least 4 members (excludes halogenated alkanes) is 1. The van der Waals surface area contributed by atoms with Crippen LogP contribution in [-0.2, 0) is 11.2 Å². The van der Waals surface area contributed by atoms with Crippen LogP contribution in [0, 0.1) is 0 Å². The molecule has 0 aliphatic carbocycles. The topological polar surface area (TPSA) is 49.4 Å². The van der Waals surface area contributed by atoms with E-state index >= 15 is 0 Å². The normalized spacial score (nSPS) is 9.53. The van der Waals surface area contributed by atoms with E-state index in [-0.39, 0.29) is 41.8 Å². The van der Waals surface area contributed by atoms with E-state index in [1.165, 1.54) is 0 Å². The van der Waals surface area contributed by atoms with Crippen LogP contribution in [0.3, 0.4) is 0 Å². The molecular weight excluding hydrogens is 227 g/mol. The number of rotatable bonds is 7. The van der Waals surface area contributed by atoms with Crippen LogP contribution in [0.2, 0.25) is 0 Å².